The lowest BCUT2D eigenvalue weighted by Gasteiger charge is -2.40. The van der Waals surface area contributed by atoms with Gasteiger partial charge in [-0.1, -0.05) is 18.2 Å². The molecular formula is C25H31ClN4S. The van der Waals surface area contributed by atoms with Gasteiger partial charge in [0, 0.05) is 34.2 Å². The molecule has 0 atom stereocenters. The minimum absolute atomic E-state index is 0.0290. The number of allylic oxidation sites excluding steroid dienone is 1. The average molecular weight is 455 g/mol. The highest BCUT2D eigenvalue weighted by Crippen LogP contribution is 2.54. The van der Waals surface area contributed by atoms with Crippen molar-refractivity contribution in [3.63, 3.8) is 0 Å². The molecule has 1 aromatic heterocycles. The molecule has 1 N–H and O–H groups in total. The summed E-state index contributed by atoms with van der Waals surface area (Å²) in [5.41, 5.74) is 6.20. The zero-order valence-electron chi connectivity index (χ0n) is 18.5. The number of piperidine rings is 1. The van der Waals surface area contributed by atoms with Crippen LogP contribution in [0.25, 0.3) is 0 Å². The van der Waals surface area contributed by atoms with Gasteiger partial charge >= 0.3 is 0 Å². The van der Waals surface area contributed by atoms with E-state index in [0.717, 1.165) is 61.9 Å². The molecule has 3 aliphatic rings. The molecular weight excluding hydrogens is 424 g/mol. The normalized spacial score (nSPS) is 21.2. The van der Waals surface area contributed by atoms with Crippen molar-refractivity contribution < 1.29 is 0 Å². The van der Waals surface area contributed by atoms with Gasteiger partial charge in [0.2, 0.25) is 0 Å². The molecule has 4 nitrogen and oxygen atoms in total. The summed E-state index contributed by atoms with van der Waals surface area (Å²) in [5.74, 6) is 1.02. The Morgan fingerprint density at radius 1 is 1.16 bits per heavy atom. The van der Waals surface area contributed by atoms with Crippen molar-refractivity contribution in [2.24, 2.45) is 0 Å². The lowest BCUT2D eigenvalue weighted by molar-refractivity contribution is 0.179. The number of likely N-dealkylation sites (tertiary alicyclic amines) is 1. The fourth-order valence-electron chi connectivity index (χ4n) is 5.31. The van der Waals surface area contributed by atoms with Crippen LogP contribution in [0.5, 0.6) is 0 Å². The molecule has 1 saturated heterocycles. The van der Waals surface area contributed by atoms with Gasteiger partial charge in [-0.25, -0.2) is 9.97 Å². The van der Waals surface area contributed by atoms with Crippen molar-refractivity contribution in [3.05, 3.63) is 64.3 Å². The Kier molecular flexibility index (Phi) is 5.56. The first-order valence-corrected chi connectivity index (χ1v) is 12.9. The van der Waals surface area contributed by atoms with E-state index in [9.17, 15) is 0 Å². The molecule has 6 heteroatoms. The molecule has 0 radical (unpaired) electrons. The maximum atomic E-state index is 6.40. The molecule has 2 aliphatic heterocycles. The monoisotopic (exact) mass is 454 g/mol. The number of aryl methyl sites for hydroxylation is 2. The molecule has 1 aliphatic carbocycles. The third kappa shape index (κ3) is 3.79. The molecule has 0 unspecified atom stereocenters. The minimum Gasteiger partial charge on any atom is -0.358 e. The largest absolute Gasteiger partial charge is 0.358 e. The fraction of sp³-hybridized carbons (Fsp3) is 0.520. The first-order chi connectivity index (χ1) is 15.0. The maximum Gasteiger partial charge on any atom is 0.144 e. The van der Waals surface area contributed by atoms with Crippen molar-refractivity contribution in [1.82, 2.24) is 14.9 Å². The van der Waals surface area contributed by atoms with Crippen molar-refractivity contribution in [1.29, 1.82) is 0 Å². The predicted molar refractivity (Wildman–Crippen MR) is 131 cm³/mol. The molecule has 164 valence electrons. The summed E-state index contributed by atoms with van der Waals surface area (Å²) in [5, 5.41) is 4.40. The second-order valence-corrected chi connectivity index (χ2v) is 11.0. The molecule has 31 heavy (non-hydrogen) atoms. The van der Waals surface area contributed by atoms with Crippen LogP contribution >= 0.6 is 23.4 Å². The van der Waals surface area contributed by atoms with Gasteiger partial charge in [-0.15, -0.1) is 0 Å². The summed E-state index contributed by atoms with van der Waals surface area (Å²) in [6.07, 6.45) is 13.1. The minimum atomic E-state index is 0.0290. The van der Waals surface area contributed by atoms with Gasteiger partial charge in [0.1, 0.15) is 5.82 Å². The highest BCUT2D eigenvalue weighted by Gasteiger charge is 2.46. The van der Waals surface area contributed by atoms with Gasteiger partial charge in [0.15, 0.2) is 0 Å². The van der Waals surface area contributed by atoms with Crippen molar-refractivity contribution in [2.45, 2.75) is 55.6 Å². The molecule has 1 spiro atoms. The molecule has 0 amide bonds. The van der Waals surface area contributed by atoms with Crippen LogP contribution in [0.4, 0.5) is 5.69 Å². The number of halogens is 1. The molecule has 5 rings (SSSR count). The number of thioether (sulfide) groups is 1. The Balaban J connectivity index is 1.16. The molecule has 1 aromatic carbocycles. The number of benzene rings is 1. The average Bonchev–Trinajstić information content (AvgIpc) is 3.53. The number of hydrogen-bond donors (Lipinski definition) is 1. The Morgan fingerprint density at radius 3 is 2.52 bits per heavy atom. The molecule has 0 bridgehead atoms. The SMILES string of the molecule is C=C1Nc2c(C)cc(Cl)cc2C12CCN(CCCc1cnc(C3(SC)CC3)nc1)CC2. The maximum absolute atomic E-state index is 6.40. The summed E-state index contributed by atoms with van der Waals surface area (Å²) in [6, 6.07) is 4.19. The van der Waals surface area contributed by atoms with Gasteiger partial charge in [-0.3, -0.25) is 0 Å². The van der Waals surface area contributed by atoms with Gasteiger partial charge in [-0.05, 0) is 100 Å². The van der Waals surface area contributed by atoms with Gasteiger partial charge in [0.25, 0.3) is 0 Å². The third-order valence-corrected chi connectivity index (χ3v) is 9.12. The van der Waals surface area contributed by atoms with E-state index in [-0.39, 0.29) is 10.2 Å². The zero-order valence-corrected chi connectivity index (χ0v) is 20.1. The van der Waals surface area contributed by atoms with E-state index in [1.54, 1.807) is 0 Å². The Labute approximate surface area is 194 Å². The highest BCUT2D eigenvalue weighted by atomic mass is 35.5. The summed E-state index contributed by atoms with van der Waals surface area (Å²) in [7, 11) is 0. The van der Waals surface area contributed by atoms with E-state index in [4.69, 9.17) is 11.6 Å². The number of aromatic nitrogens is 2. The van der Waals surface area contributed by atoms with Crippen LogP contribution in [0.15, 0.2) is 36.8 Å². The lowest BCUT2D eigenvalue weighted by atomic mass is 9.72. The smallest absolute Gasteiger partial charge is 0.144 e. The van der Waals surface area contributed by atoms with Crippen LogP contribution in [-0.4, -0.2) is 40.8 Å². The standard InChI is InChI=1S/C25H31ClN4S/c1-17-13-20(26)14-21-22(17)29-18(2)24(21)8-11-30(12-9-24)10-4-5-19-15-27-23(28-16-19)25(31-3)6-7-25/h13-16,29H,2,4-12H2,1,3H3. The molecule has 2 aromatic rings. The lowest BCUT2D eigenvalue weighted by Crippen LogP contribution is -2.43. The molecule has 3 heterocycles. The number of fused-ring (bicyclic) bond motifs is 2. The fourth-order valence-corrected chi connectivity index (χ4v) is 6.38. The van der Waals surface area contributed by atoms with E-state index in [1.807, 2.05) is 30.2 Å². The Bertz CT molecular complexity index is 991. The zero-order chi connectivity index (χ0) is 21.6. The van der Waals surface area contributed by atoms with Crippen molar-refractivity contribution >= 4 is 29.1 Å². The first-order valence-electron chi connectivity index (χ1n) is 11.3. The Hall–Kier alpha value is -1.56. The van der Waals surface area contributed by atoms with E-state index in [1.165, 1.54) is 35.2 Å². The van der Waals surface area contributed by atoms with E-state index in [0.29, 0.717) is 0 Å². The summed E-state index contributed by atoms with van der Waals surface area (Å²) < 4.78 is 0.211. The predicted octanol–water partition coefficient (Wildman–Crippen LogP) is 5.70. The first kappa shape index (κ1) is 21.3. The quantitative estimate of drug-likeness (QED) is 0.606. The topological polar surface area (TPSA) is 41.0 Å². The summed E-state index contributed by atoms with van der Waals surface area (Å²) in [6.45, 7) is 9.82. The number of nitrogens with one attached hydrogen (secondary N) is 1. The van der Waals surface area contributed by atoms with Crippen molar-refractivity contribution in [3.8, 4) is 0 Å². The third-order valence-electron chi connectivity index (χ3n) is 7.53. The van der Waals surface area contributed by atoms with Gasteiger partial charge in [-0.2, -0.15) is 11.8 Å². The Morgan fingerprint density at radius 2 is 1.87 bits per heavy atom. The van der Waals surface area contributed by atoms with Crippen LogP contribution in [0.3, 0.4) is 0 Å². The second kappa shape index (κ2) is 8.09. The van der Waals surface area contributed by atoms with Gasteiger partial charge in [0.05, 0.1) is 4.75 Å². The molecule has 1 saturated carbocycles. The van der Waals surface area contributed by atoms with Crippen LogP contribution in [-0.2, 0) is 16.6 Å². The number of rotatable bonds is 6. The van der Waals surface area contributed by atoms with Crippen LogP contribution in [0.2, 0.25) is 5.02 Å². The van der Waals surface area contributed by atoms with E-state index in [2.05, 4.69) is 46.0 Å². The van der Waals surface area contributed by atoms with Crippen LogP contribution in [0.1, 0.15) is 54.6 Å². The second-order valence-electron chi connectivity index (χ2n) is 9.39. The number of anilines is 1. The molecule has 2 fully saturated rings. The van der Waals surface area contributed by atoms with E-state index < -0.39 is 0 Å². The number of nitrogens with zero attached hydrogens (tertiary/aromatic N) is 3. The number of hydrogen-bond acceptors (Lipinski definition) is 5. The summed E-state index contributed by atoms with van der Waals surface area (Å²) >= 11 is 8.29. The van der Waals surface area contributed by atoms with Gasteiger partial charge < -0.3 is 10.2 Å². The summed E-state index contributed by atoms with van der Waals surface area (Å²) in [4.78, 5) is 11.9. The van der Waals surface area contributed by atoms with Crippen molar-refractivity contribution in [2.75, 3.05) is 31.2 Å². The van der Waals surface area contributed by atoms with E-state index >= 15 is 0 Å². The van der Waals surface area contributed by atoms with Crippen LogP contribution < -0.4 is 5.32 Å². The van der Waals surface area contributed by atoms with Crippen LogP contribution in [0, 0.1) is 6.92 Å². The highest BCUT2D eigenvalue weighted by molar-refractivity contribution is 7.99.